The Morgan fingerprint density at radius 3 is 2.48 bits per heavy atom. The van der Waals surface area contributed by atoms with Crippen molar-refractivity contribution in [2.24, 2.45) is 0 Å². The van der Waals surface area contributed by atoms with Crippen LogP contribution < -0.4 is 10.2 Å². The van der Waals surface area contributed by atoms with Gasteiger partial charge in [-0.3, -0.25) is 19.8 Å². The number of aryl methyl sites for hydroxylation is 3. The molecule has 0 saturated carbocycles. The molecule has 4 rings (SSSR count). The molecule has 0 spiro atoms. The van der Waals surface area contributed by atoms with E-state index in [0.29, 0.717) is 5.69 Å². The van der Waals surface area contributed by atoms with Crippen LogP contribution in [-0.4, -0.2) is 21.5 Å². The number of halogens is 1. The number of thiocarbonyl (C=S) groups is 1. The second-order valence-corrected chi connectivity index (χ2v) is 9.58. The molecule has 1 N–H and O–H groups in total. The van der Waals surface area contributed by atoms with Gasteiger partial charge < -0.3 is 4.57 Å². The summed E-state index contributed by atoms with van der Waals surface area (Å²) < 4.78 is 3.34. The highest BCUT2D eigenvalue weighted by Crippen LogP contribution is 2.28. The highest BCUT2D eigenvalue weighted by molar-refractivity contribution is 14.1. The Bertz CT molecular complexity index is 1340. The highest BCUT2D eigenvalue weighted by Gasteiger charge is 2.35. The zero-order valence-electron chi connectivity index (χ0n) is 18.9. The van der Waals surface area contributed by atoms with E-state index in [9.17, 15) is 9.59 Å². The van der Waals surface area contributed by atoms with Crippen molar-refractivity contribution >= 4 is 63.5 Å². The minimum atomic E-state index is -0.481. The molecule has 2 amide bonds. The fraction of sp³-hybridized carbons (Fsp3) is 0.192. The van der Waals surface area contributed by atoms with Crippen LogP contribution in [0.15, 0.2) is 54.1 Å². The Hall–Kier alpha value is -2.78. The summed E-state index contributed by atoms with van der Waals surface area (Å²) in [6.45, 7) is 8.11. The molecule has 1 aromatic heterocycles. The van der Waals surface area contributed by atoms with E-state index in [4.69, 9.17) is 12.2 Å². The van der Waals surface area contributed by atoms with Gasteiger partial charge in [-0.15, -0.1) is 0 Å². The Kier molecular flexibility index (Phi) is 6.54. The Morgan fingerprint density at radius 2 is 1.79 bits per heavy atom. The lowest BCUT2D eigenvalue weighted by molar-refractivity contribution is -0.122. The molecular formula is C26H24IN3O2S. The van der Waals surface area contributed by atoms with Gasteiger partial charge >= 0.3 is 0 Å². The minimum absolute atomic E-state index is 0.0635. The van der Waals surface area contributed by atoms with Crippen LogP contribution in [0.1, 0.15) is 35.0 Å². The van der Waals surface area contributed by atoms with Gasteiger partial charge in [0.15, 0.2) is 5.11 Å². The zero-order chi connectivity index (χ0) is 23.9. The first-order valence-corrected chi connectivity index (χ1v) is 12.2. The van der Waals surface area contributed by atoms with Gasteiger partial charge in [0.25, 0.3) is 11.8 Å². The van der Waals surface area contributed by atoms with Crippen molar-refractivity contribution in [3.63, 3.8) is 0 Å². The van der Waals surface area contributed by atoms with Crippen molar-refractivity contribution in [2.75, 3.05) is 4.90 Å². The van der Waals surface area contributed by atoms with Crippen molar-refractivity contribution in [3.8, 4) is 5.69 Å². The van der Waals surface area contributed by atoms with Crippen molar-refractivity contribution < 1.29 is 9.59 Å². The fourth-order valence-corrected chi connectivity index (χ4v) is 4.77. The zero-order valence-corrected chi connectivity index (χ0v) is 21.9. The molecule has 1 aliphatic heterocycles. The molecule has 3 aromatic rings. The van der Waals surface area contributed by atoms with E-state index in [-0.39, 0.29) is 10.7 Å². The van der Waals surface area contributed by atoms with Gasteiger partial charge in [-0.05, 0) is 115 Å². The predicted octanol–water partition coefficient (Wildman–Crippen LogP) is 5.40. The van der Waals surface area contributed by atoms with E-state index in [0.717, 1.165) is 34.6 Å². The molecule has 7 heteroatoms. The van der Waals surface area contributed by atoms with Crippen LogP contribution in [0.5, 0.6) is 0 Å². The third kappa shape index (κ3) is 4.27. The first-order chi connectivity index (χ1) is 15.7. The van der Waals surface area contributed by atoms with Crippen LogP contribution in [-0.2, 0) is 16.0 Å². The molecule has 0 aliphatic carbocycles. The van der Waals surface area contributed by atoms with Gasteiger partial charge in [0.2, 0.25) is 0 Å². The second kappa shape index (κ2) is 9.23. The number of rotatable bonds is 4. The molecule has 0 unspecified atom stereocenters. The van der Waals surface area contributed by atoms with E-state index < -0.39 is 11.8 Å². The predicted molar refractivity (Wildman–Crippen MR) is 145 cm³/mol. The molecule has 168 valence electrons. The van der Waals surface area contributed by atoms with Crippen LogP contribution in [0.25, 0.3) is 11.8 Å². The maximum absolute atomic E-state index is 13.5. The SMILES string of the molecule is CCc1ccccc1N1C(=O)C(=Cc2cc(C)n(-c3ccc(I)c(C)c3)c2C)C(=O)NC1=S. The molecule has 5 nitrogen and oxygen atoms in total. The van der Waals surface area contributed by atoms with Crippen LogP contribution in [0, 0.1) is 24.3 Å². The van der Waals surface area contributed by atoms with E-state index in [1.54, 1.807) is 6.08 Å². The summed E-state index contributed by atoms with van der Waals surface area (Å²) in [5.74, 6) is -0.898. The second-order valence-electron chi connectivity index (χ2n) is 8.04. The van der Waals surface area contributed by atoms with E-state index in [2.05, 4.69) is 57.6 Å². The Balaban J connectivity index is 1.78. The van der Waals surface area contributed by atoms with Crippen LogP contribution in [0.4, 0.5) is 5.69 Å². The first kappa shape index (κ1) is 23.4. The molecule has 2 heterocycles. The molecule has 2 aromatic carbocycles. The quantitative estimate of drug-likeness (QED) is 0.198. The minimum Gasteiger partial charge on any atom is -0.318 e. The first-order valence-electron chi connectivity index (χ1n) is 10.7. The number of nitrogens with zero attached hydrogens (tertiary/aromatic N) is 2. The average molecular weight is 569 g/mol. The maximum atomic E-state index is 13.5. The summed E-state index contributed by atoms with van der Waals surface area (Å²) in [4.78, 5) is 27.7. The van der Waals surface area contributed by atoms with Gasteiger partial charge in [-0.25, -0.2) is 0 Å². The van der Waals surface area contributed by atoms with Gasteiger partial charge in [-0.1, -0.05) is 25.1 Å². The van der Waals surface area contributed by atoms with Crippen LogP contribution >= 0.6 is 34.8 Å². The normalized spacial score (nSPS) is 15.4. The van der Waals surface area contributed by atoms with Crippen LogP contribution in [0.2, 0.25) is 0 Å². The number of amides is 2. The van der Waals surface area contributed by atoms with Gasteiger partial charge in [0, 0.05) is 20.6 Å². The maximum Gasteiger partial charge on any atom is 0.270 e. The topological polar surface area (TPSA) is 54.3 Å². The lowest BCUT2D eigenvalue weighted by atomic mass is 10.0. The summed E-state index contributed by atoms with van der Waals surface area (Å²) in [6, 6.07) is 15.9. The molecule has 1 saturated heterocycles. The number of carbonyl (C=O) groups excluding carboxylic acids is 2. The summed E-state index contributed by atoms with van der Waals surface area (Å²) in [5, 5.41) is 2.79. The summed E-state index contributed by atoms with van der Waals surface area (Å²) in [6.07, 6.45) is 2.41. The largest absolute Gasteiger partial charge is 0.318 e. The van der Waals surface area contributed by atoms with E-state index in [1.165, 1.54) is 14.0 Å². The number of aromatic nitrogens is 1. The monoisotopic (exact) mass is 569 g/mol. The van der Waals surface area contributed by atoms with Crippen molar-refractivity contribution in [3.05, 3.63) is 85.8 Å². The molecule has 33 heavy (non-hydrogen) atoms. The Labute approximate surface area is 212 Å². The lowest BCUT2D eigenvalue weighted by Crippen LogP contribution is -2.54. The molecule has 0 bridgehead atoms. The molecule has 1 aliphatic rings. The molecule has 0 atom stereocenters. The van der Waals surface area contributed by atoms with Gasteiger partial charge in [0.05, 0.1) is 5.69 Å². The number of benzene rings is 2. The van der Waals surface area contributed by atoms with Crippen LogP contribution in [0.3, 0.4) is 0 Å². The van der Waals surface area contributed by atoms with Crippen molar-refractivity contribution in [1.82, 2.24) is 9.88 Å². The molecule has 1 fully saturated rings. The summed E-state index contributed by atoms with van der Waals surface area (Å²) in [5.41, 5.74) is 6.78. The van der Waals surface area contributed by atoms with Gasteiger partial charge in [0.1, 0.15) is 5.57 Å². The van der Waals surface area contributed by atoms with Crippen molar-refractivity contribution in [1.29, 1.82) is 0 Å². The van der Waals surface area contributed by atoms with E-state index >= 15 is 0 Å². The van der Waals surface area contributed by atoms with E-state index in [1.807, 2.05) is 51.1 Å². The number of hydrogen-bond acceptors (Lipinski definition) is 3. The smallest absolute Gasteiger partial charge is 0.270 e. The standard InChI is InChI=1S/C26H24IN3O2S/c1-5-18-8-6-7-9-23(18)30-25(32)21(24(31)28-26(30)33)14-19-13-16(3)29(17(19)4)20-10-11-22(27)15(2)12-20/h6-14H,5H2,1-4H3,(H,28,31,33). The van der Waals surface area contributed by atoms with Gasteiger partial charge in [-0.2, -0.15) is 0 Å². The summed E-state index contributed by atoms with van der Waals surface area (Å²) >= 11 is 7.69. The molecular weight excluding hydrogens is 545 g/mol. The number of nitrogens with one attached hydrogen (secondary N) is 1. The summed E-state index contributed by atoms with van der Waals surface area (Å²) in [7, 11) is 0. The number of hydrogen-bond donors (Lipinski definition) is 1. The fourth-order valence-electron chi connectivity index (χ4n) is 4.16. The molecule has 0 radical (unpaired) electrons. The Morgan fingerprint density at radius 1 is 1.06 bits per heavy atom. The number of carbonyl (C=O) groups is 2. The number of para-hydroxylation sites is 1. The lowest BCUT2D eigenvalue weighted by Gasteiger charge is -2.30. The third-order valence-electron chi connectivity index (χ3n) is 5.88. The average Bonchev–Trinajstić information content (AvgIpc) is 3.06. The highest BCUT2D eigenvalue weighted by atomic mass is 127. The van der Waals surface area contributed by atoms with Crippen molar-refractivity contribution in [2.45, 2.75) is 34.1 Å². The number of anilines is 1. The third-order valence-corrected chi connectivity index (χ3v) is 7.38.